The van der Waals surface area contributed by atoms with Gasteiger partial charge in [-0.2, -0.15) is 0 Å². The Morgan fingerprint density at radius 2 is 1.39 bits per heavy atom. The number of ether oxygens (including phenoxy) is 4. The van der Waals surface area contributed by atoms with Crippen LogP contribution in [0.4, 0.5) is 0 Å². The highest BCUT2D eigenvalue weighted by molar-refractivity contribution is 6.12. The molecule has 0 atom stereocenters. The van der Waals surface area contributed by atoms with Gasteiger partial charge in [-0.3, -0.25) is 4.79 Å². The van der Waals surface area contributed by atoms with E-state index in [1.807, 2.05) is 0 Å². The summed E-state index contributed by atoms with van der Waals surface area (Å²) in [5, 5.41) is 10.1. The van der Waals surface area contributed by atoms with Crippen LogP contribution in [0.25, 0.3) is 0 Å². The standard InChI is InChI=1S/C17H18O6/c1-20-10-5-6-14(21-2)12(7-10)17(19)11-8-15(22-3)16(23-4)9-13(11)18/h5-9,18H,1-4H3. The second-order valence-electron chi connectivity index (χ2n) is 4.62. The van der Waals surface area contributed by atoms with Crippen molar-refractivity contribution in [1.29, 1.82) is 0 Å². The lowest BCUT2D eigenvalue weighted by Gasteiger charge is -2.13. The van der Waals surface area contributed by atoms with E-state index in [0.717, 1.165) is 0 Å². The van der Waals surface area contributed by atoms with Gasteiger partial charge in [0.1, 0.15) is 17.2 Å². The number of benzene rings is 2. The first-order valence-corrected chi connectivity index (χ1v) is 6.77. The van der Waals surface area contributed by atoms with E-state index in [-0.39, 0.29) is 16.9 Å². The topological polar surface area (TPSA) is 74.2 Å². The molecule has 0 aliphatic heterocycles. The van der Waals surface area contributed by atoms with E-state index in [4.69, 9.17) is 18.9 Å². The summed E-state index contributed by atoms with van der Waals surface area (Å²) >= 11 is 0. The number of phenolic OH excluding ortho intramolecular Hbond substituents is 1. The maximum Gasteiger partial charge on any atom is 0.200 e. The van der Waals surface area contributed by atoms with Gasteiger partial charge in [-0.15, -0.1) is 0 Å². The van der Waals surface area contributed by atoms with E-state index < -0.39 is 5.78 Å². The fraction of sp³-hybridized carbons (Fsp3) is 0.235. The molecule has 0 saturated carbocycles. The third-order valence-electron chi connectivity index (χ3n) is 3.40. The summed E-state index contributed by atoms with van der Waals surface area (Å²) < 4.78 is 20.6. The summed E-state index contributed by atoms with van der Waals surface area (Å²) in [4.78, 5) is 12.8. The zero-order valence-corrected chi connectivity index (χ0v) is 13.4. The van der Waals surface area contributed by atoms with E-state index in [1.54, 1.807) is 18.2 Å². The summed E-state index contributed by atoms with van der Waals surface area (Å²) in [5.41, 5.74) is 0.351. The maximum atomic E-state index is 12.8. The van der Waals surface area contributed by atoms with Crippen LogP contribution in [-0.2, 0) is 0 Å². The van der Waals surface area contributed by atoms with Gasteiger partial charge in [0.25, 0.3) is 0 Å². The zero-order valence-electron chi connectivity index (χ0n) is 13.4. The van der Waals surface area contributed by atoms with Crippen LogP contribution in [0.15, 0.2) is 30.3 Å². The second kappa shape index (κ2) is 6.91. The molecule has 23 heavy (non-hydrogen) atoms. The summed E-state index contributed by atoms with van der Waals surface area (Å²) in [6.07, 6.45) is 0. The average molecular weight is 318 g/mol. The molecule has 0 aliphatic carbocycles. The summed E-state index contributed by atoms with van der Waals surface area (Å²) in [5.74, 6) is 0.936. The van der Waals surface area contributed by atoms with Gasteiger partial charge in [0, 0.05) is 6.07 Å². The Morgan fingerprint density at radius 1 is 0.783 bits per heavy atom. The molecule has 0 fully saturated rings. The minimum atomic E-state index is -0.417. The molecule has 0 aromatic heterocycles. The third kappa shape index (κ3) is 3.15. The van der Waals surface area contributed by atoms with Crippen LogP contribution in [-0.4, -0.2) is 39.3 Å². The van der Waals surface area contributed by atoms with Gasteiger partial charge in [0.2, 0.25) is 5.78 Å². The highest BCUT2D eigenvalue weighted by Crippen LogP contribution is 2.36. The molecule has 0 amide bonds. The van der Waals surface area contributed by atoms with Gasteiger partial charge < -0.3 is 24.1 Å². The van der Waals surface area contributed by atoms with Gasteiger partial charge in [-0.25, -0.2) is 0 Å². The normalized spacial score (nSPS) is 10.1. The molecule has 6 heteroatoms. The molecule has 1 N–H and O–H groups in total. The van der Waals surface area contributed by atoms with Crippen molar-refractivity contribution in [2.75, 3.05) is 28.4 Å². The van der Waals surface area contributed by atoms with Gasteiger partial charge >= 0.3 is 0 Å². The van der Waals surface area contributed by atoms with Crippen molar-refractivity contribution in [2.45, 2.75) is 0 Å². The molecule has 0 spiro atoms. The lowest BCUT2D eigenvalue weighted by atomic mass is 10.0. The number of carbonyl (C=O) groups excluding carboxylic acids is 1. The van der Waals surface area contributed by atoms with Crippen molar-refractivity contribution >= 4 is 5.78 Å². The average Bonchev–Trinajstić information content (AvgIpc) is 2.60. The number of methoxy groups -OCH3 is 4. The molecule has 2 rings (SSSR count). The smallest absolute Gasteiger partial charge is 0.200 e. The molecule has 0 bridgehead atoms. The van der Waals surface area contributed by atoms with Gasteiger partial charge in [-0.1, -0.05) is 0 Å². The Balaban J connectivity index is 2.56. The molecule has 2 aromatic rings. The van der Waals surface area contributed by atoms with E-state index in [9.17, 15) is 9.90 Å². The Hall–Kier alpha value is -2.89. The van der Waals surface area contributed by atoms with Crippen molar-refractivity contribution in [3.05, 3.63) is 41.5 Å². The van der Waals surface area contributed by atoms with E-state index in [2.05, 4.69) is 0 Å². The highest BCUT2D eigenvalue weighted by atomic mass is 16.5. The molecule has 122 valence electrons. The van der Waals surface area contributed by atoms with Crippen molar-refractivity contribution in [2.24, 2.45) is 0 Å². The van der Waals surface area contributed by atoms with Crippen LogP contribution in [0.2, 0.25) is 0 Å². The Labute approximate surface area is 134 Å². The van der Waals surface area contributed by atoms with Crippen molar-refractivity contribution in [3.8, 4) is 28.7 Å². The molecule has 6 nitrogen and oxygen atoms in total. The van der Waals surface area contributed by atoms with Gasteiger partial charge in [-0.05, 0) is 24.3 Å². The second-order valence-corrected chi connectivity index (χ2v) is 4.62. The molecule has 0 heterocycles. The monoisotopic (exact) mass is 318 g/mol. The van der Waals surface area contributed by atoms with E-state index >= 15 is 0 Å². The largest absolute Gasteiger partial charge is 0.507 e. The number of hydrogen-bond donors (Lipinski definition) is 1. The van der Waals surface area contributed by atoms with Crippen molar-refractivity contribution < 1.29 is 28.8 Å². The fourth-order valence-corrected chi connectivity index (χ4v) is 2.19. The number of rotatable bonds is 6. The molecular weight excluding hydrogens is 300 g/mol. The van der Waals surface area contributed by atoms with Crippen LogP contribution in [0.3, 0.4) is 0 Å². The molecule has 0 aliphatic rings. The number of carbonyl (C=O) groups is 1. The van der Waals surface area contributed by atoms with Gasteiger partial charge in [0.15, 0.2) is 11.5 Å². The van der Waals surface area contributed by atoms with Crippen LogP contribution >= 0.6 is 0 Å². The minimum Gasteiger partial charge on any atom is -0.507 e. The maximum absolute atomic E-state index is 12.8. The number of aromatic hydroxyl groups is 1. The van der Waals surface area contributed by atoms with E-state index in [1.165, 1.54) is 40.6 Å². The van der Waals surface area contributed by atoms with Crippen LogP contribution in [0, 0.1) is 0 Å². The molecule has 0 saturated heterocycles. The first-order valence-electron chi connectivity index (χ1n) is 6.77. The van der Waals surface area contributed by atoms with Crippen LogP contribution in [0.1, 0.15) is 15.9 Å². The fourth-order valence-electron chi connectivity index (χ4n) is 2.19. The Kier molecular flexibility index (Phi) is 4.95. The van der Waals surface area contributed by atoms with E-state index in [0.29, 0.717) is 23.0 Å². The quantitative estimate of drug-likeness (QED) is 0.825. The number of hydrogen-bond acceptors (Lipinski definition) is 6. The number of phenols is 1. The minimum absolute atomic E-state index is 0.0780. The van der Waals surface area contributed by atoms with Gasteiger partial charge in [0.05, 0.1) is 39.6 Å². The molecule has 0 radical (unpaired) electrons. The molecular formula is C17H18O6. The Bertz CT molecular complexity index is 723. The summed E-state index contributed by atoms with van der Waals surface area (Å²) in [6.45, 7) is 0. The first-order chi connectivity index (χ1) is 11.0. The SMILES string of the molecule is COc1ccc(OC)c(C(=O)c2cc(OC)c(OC)cc2O)c1. The molecule has 0 unspecified atom stereocenters. The van der Waals surface area contributed by atoms with Crippen molar-refractivity contribution in [3.63, 3.8) is 0 Å². The third-order valence-corrected chi connectivity index (χ3v) is 3.40. The predicted octanol–water partition coefficient (Wildman–Crippen LogP) is 2.66. The summed E-state index contributed by atoms with van der Waals surface area (Å²) in [7, 11) is 5.87. The number of ketones is 1. The zero-order chi connectivity index (χ0) is 17.0. The lowest BCUT2D eigenvalue weighted by molar-refractivity contribution is 0.103. The highest BCUT2D eigenvalue weighted by Gasteiger charge is 2.21. The van der Waals surface area contributed by atoms with Crippen LogP contribution in [0.5, 0.6) is 28.7 Å². The lowest BCUT2D eigenvalue weighted by Crippen LogP contribution is -2.06. The first kappa shape index (κ1) is 16.5. The predicted molar refractivity (Wildman–Crippen MR) is 84.2 cm³/mol. The Morgan fingerprint density at radius 3 is 1.96 bits per heavy atom. The summed E-state index contributed by atoms with van der Waals surface area (Å²) in [6, 6.07) is 7.62. The van der Waals surface area contributed by atoms with Crippen molar-refractivity contribution in [1.82, 2.24) is 0 Å². The van der Waals surface area contributed by atoms with Crippen LogP contribution < -0.4 is 18.9 Å². The molecule has 2 aromatic carbocycles.